The van der Waals surface area contributed by atoms with Crippen molar-refractivity contribution in [3.8, 4) is 11.1 Å². The first-order valence-electron chi connectivity index (χ1n) is 19.2. The van der Waals surface area contributed by atoms with Crippen LogP contribution in [0.2, 0.25) is 0 Å². The minimum absolute atomic E-state index is 0.973. The quantitative estimate of drug-likeness (QED) is 0.0969. The number of aryl methyl sites for hydroxylation is 8. The second-order valence-electron chi connectivity index (χ2n) is 14.9. The maximum absolute atomic E-state index is 4.41. The fourth-order valence-corrected chi connectivity index (χ4v) is 14.1. The molecule has 0 heterocycles. The summed E-state index contributed by atoms with van der Waals surface area (Å²) in [4.78, 5) is 0. The number of hydrogen-bond donors (Lipinski definition) is 0. The van der Waals surface area contributed by atoms with Gasteiger partial charge in [-0.3, -0.25) is 0 Å². The number of allylic oxidation sites excluding steroid dienone is 4. The van der Waals surface area contributed by atoms with E-state index in [1.807, 2.05) is 6.07 Å². The van der Waals surface area contributed by atoms with E-state index in [0.717, 1.165) is 11.8 Å². The summed E-state index contributed by atoms with van der Waals surface area (Å²) in [5.41, 5.74) is 15.7. The topological polar surface area (TPSA) is 0 Å². The molecular formula is C52H54P2. The Morgan fingerprint density at radius 3 is 1.81 bits per heavy atom. The summed E-state index contributed by atoms with van der Waals surface area (Å²) >= 11 is 0. The summed E-state index contributed by atoms with van der Waals surface area (Å²) in [6, 6.07) is 37.6. The highest BCUT2D eigenvalue weighted by Gasteiger charge is 2.31. The lowest BCUT2D eigenvalue weighted by Gasteiger charge is -2.32. The molecule has 1 unspecified atom stereocenters. The maximum Gasteiger partial charge on any atom is 0.0330 e. The molecule has 2 heteroatoms. The third kappa shape index (κ3) is 7.69. The predicted octanol–water partition coefficient (Wildman–Crippen LogP) is 12.5. The molecule has 0 saturated carbocycles. The average Bonchev–Trinajstić information content (AvgIpc) is 3.11. The van der Waals surface area contributed by atoms with Gasteiger partial charge in [0.1, 0.15) is 0 Å². The third-order valence-electron chi connectivity index (χ3n) is 10.4. The van der Waals surface area contributed by atoms with E-state index in [1.54, 1.807) is 0 Å². The van der Waals surface area contributed by atoms with Gasteiger partial charge in [-0.1, -0.05) is 138 Å². The second kappa shape index (κ2) is 16.5. The molecule has 6 aromatic carbocycles. The van der Waals surface area contributed by atoms with Crippen LogP contribution in [0.5, 0.6) is 0 Å². The van der Waals surface area contributed by atoms with Crippen molar-refractivity contribution in [3.05, 3.63) is 177 Å². The molecule has 272 valence electrons. The van der Waals surface area contributed by atoms with E-state index in [-0.39, 0.29) is 0 Å². The highest BCUT2D eigenvalue weighted by molar-refractivity contribution is 7.80. The van der Waals surface area contributed by atoms with E-state index in [2.05, 4.69) is 192 Å². The molecule has 0 fully saturated rings. The Kier molecular flexibility index (Phi) is 11.9. The van der Waals surface area contributed by atoms with Gasteiger partial charge in [-0.2, -0.15) is 0 Å². The zero-order chi connectivity index (χ0) is 38.8. The first-order valence-corrected chi connectivity index (χ1v) is 21.9. The molecular weight excluding hydrogens is 687 g/mol. The van der Waals surface area contributed by atoms with Gasteiger partial charge in [-0.25, -0.2) is 0 Å². The Labute approximate surface area is 328 Å². The first kappa shape index (κ1) is 39.2. The van der Waals surface area contributed by atoms with Crippen LogP contribution in [0.1, 0.15) is 76.4 Å². The van der Waals surface area contributed by atoms with Gasteiger partial charge < -0.3 is 0 Å². The molecule has 54 heavy (non-hydrogen) atoms. The SMILES string of the molecule is C=C/C(=C\C)[P@](c1cc(C)cc(C)c1)c1c(C)cc2c#cccc2c1-c1c(C)c(/C=C\C)cc(C)c1P(c1cc(C)cc(C)c1)c1cc(C)cc(CC)c1. The molecule has 0 radical (unpaired) electrons. The summed E-state index contributed by atoms with van der Waals surface area (Å²) < 4.78 is 0. The average molecular weight is 741 g/mol. The van der Waals surface area contributed by atoms with Crippen molar-refractivity contribution < 1.29 is 0 Å². The van der Waals surface area contributed by atoms with Crippen LogP contribution in [0, 0.1) is 67.5 Å². The van der Waals surface area contributed by atoms with Crippen LogP contribution in [0.15, 0.2) is 109 Å². The van der Waals surface area contributed by atoms with E-state index >= 15 is 0 Å². The van der Waals surface area contributed by atoms with E-state index in [0.29, 0.717) is 0 Å². The number of rotatable bonds is 10. The summed E-state index contributed by atoms with van der Waals surface area (Å²) in [6.45, 7) is 29.2. The van der Waals surface area contributed by atoms with E-state index in [1.165, 1.54) is 104 Å². The van der Waals surface area contributed by atoms with Gasteiger partial charge in [-0.15, -0.1) is 0 Å². The van der Waals surface area contributed by atoms with Crippen LogP contribution < -0.4 is 26.5 Å². The van der Waals surface area contributed by atoms with Crippen molar-refractivity contribution in [1.82, 2.24) is 0 Å². The van der Waals surface area contributed by atoms with Gasteiger partial charge in [0, 0.05) is 5.39 Å². The van der Waals surface area contributed by atoms with Gasteiger partial charge in [0.2, 0.25) is 0 Å². The number of hydrogen-bond acceptors (Lipinski definition) is 0. The van der Waals surface area contributed by atoms with Gasteiger partial charge in [-0.05, 0) is 186 Å². The van der Waals surface area contributed by atoms with E-state index in [4.69, 9.17) is 0 Å². The Morgan fingerprint density at radius 2 is 1.24 bits per heavy atom. The summed E-state index contributed by atoms with van der Waals surface area (Å²) in [6.07, 6.45) is 9.86. The van der Waals surface area contributed by atoms with Crippen LogP contribution in [-0.4, -0.2) is 0 Å². The van der Waals surface area contributed by atoms with Crippen LogP contribution in [0.3, 0.4) is 0 Å². The molecule has 2 atom stereocenters. The first-order chi connectivity index (χ1) is 25.9. The lowest BCUT2D eigenvalue weighted by molar-refractivity contribution is 1.14. The molecule has 0 spiro atoms. The van der Waals surface area contributed by atoms with Gasteiger partial charge in [0.05, 0.1) is 0 Å². The number of benzene rings is 5. The Bertz CT molecular complexity index is 2410. The van der Waals surface area contributed by atoms with Gasteiger partial charge in [0.15, 0.2) is 0 Å². The van der Waals surface area contributed by atoms with Crippen molar-refractivity contribution in [1.29, 1.82) is 0 Å². The summed E-state index contributed by atoms with van der Waals surface area (Å²) in [7, 11) is -1.95. The fourth-order valence-electron chi connectivity index (χ4n) is 8.25. The van der Waals surface area contributed by atoms with Crippen LogP contribution in [0.25, 0.3) is 28.0 Å². The summed E-state index contributed by atoms with van der Waals surface area (Å²) in [5, 5.41) is 10.6. The lowest BCUT2D eigenvalue weighted by atomic mass is 9.89. The van der Waals surface area contributed by atoms with Crippen molar-refractivity contribution in [2.75, 3.05) is 0 Å². The van der Waals surface area contributed by atoms with Crippen LogP contribution in [0.4, 0.5) is 0 Å². The third-order valence-corrected chi connectivity index (χ3v) is 15.7. The highest BCUT2D eigenvalue weighted by atomic mass is 31.1. The molecule has 0 N–H and O–H groups in total. The van der Waals surface area contributed by atoms with Crippen molar-refractivity contribution in [2.24, 2.45) is 0 Å². The molecule has 0 aliphatic heterocycles. The van der Waals surface area contributed by atoms with Crippen LogP contribution >= 0.6 is 15.8 Å². The van der Waals surface area contributed by atoms with Gasteiger partial charge >= 0.3 is 0 Å². The molecule has 0 aromatic heterocycles. The zero-order valence-electron chi connectivity index (χ0n) is 34.1. The molecule has 0 aliphatic rings. The molecule has 0 aliphatic carbocycles. The molecule has 0 saturated heterocycles. The van der Waals surface area contributed by atoms with E-state index < -0.39 is 15.8 Å². The predicted molar refractivity (Wildman–Crippen MR) is 244 cm³/mol. The largest absolute Gasteiger partial charge is 0.0984 e. The standard InChI is InChI=1S/C52H54P2/c1-13-19-42-30-38(10)51(54(46-27-35(7)23-36(8)28-46)47-29-37(9)24-41(14-2)32-47)49(40(42)12)50-48-21-18-17-20-43(48)31-39(11)52(50)53(44(15-3)16-4)45-25-33(5)22-34(6)26-45/h13,15-16,18-19,21-32H,3,14H2,1-2,4-12H3/b19-13-,44-16+/t53-,54?/m1/s1. The highest BCUT2D eigenvalue weighted by Crippen LogP contribution is 2.51. The minimum Gasteiger partial charge on any atom is -0.0984 e. The second-order valence-corrected chi connectivity index (χ2v) is 19.2. The zero-order valence-corrected chi connectivity index (χ0v) is 35.9. The van der Waals surface area contributed by atoms with Crippen molar-refractivity contribution in [3.63, 3.8) is 0 Å². The molecule has 0 amide bonds. The molecule has 6 rings (SSSR count). The van der Waals surface area contributed by atoms with E-state index in [9.17, 15) is 0 Å². The smallest absolute Gasteiger partial charge is 0.0330 e. The maximum atomic E-state index is 4.41. The summed E-state index contributed by atoms with van der Waals surface area (Å²) in [5.74, 6) is 0. The van der Waals surface area contributed by atoms with Crippen molar-refractivity contribution >= 4 is 59.2 Å². The molecule has 0 nitrogen and oxygen atoms in total. The Balaban J connectivity index is 1.89. The minimum atomic E-state index is -0.980. The Morgan fingerprint density at radius 1 is 0.667 bits per heavy atom. The molecule has 0 bridgehead atoms. The Hall–Kier alpha value is -4.52. The fraction of sp³-hybridized carbons (Fsp3) is 0.231. The van der Waals surface area contributed by atoms with Gasteiger partial charge in [0.25, 0.3) is 0 Å². The lowest BCUT2D eigenvalue weighted by Crippen LogP contribution is -2.28. The number of fused-ring (bicyclic) bond motifs is 1. The van der Waals surface area contributed by atoms with Crippen LogP contribution in [-0.2, 0) is 6.42 Å². The van der Waals surface area contributed by atoms with Crippen molar-refractivity contribution in [2.45, 2.75) is 82.6 Å². The monoisotopic (exact) mass is 740 g/mol. The normalized spacial score (nSPS) is 13.0. The molecule has 6 aromatic rings.